The SMILES string of the molecule is CCN(CC(=O)N1CCCCCC1)CC(C)(C)CN. The average molecular weight is 269 g/mol. The average Bonchev–Trinajstić information content (AvgIpc) is 2.66. The van der Waals surface area contributed by atoms with Gasteiger partial charge in [-0.15, -0.1) is 0 Å². The first-order valence-electron chi connectivity index (χ1n) is 7.68. The van der Waals surface area contributed by atoms with E-state index in [2.05, 4.69) is 25.7 Å². The fourth-order valence-corrected chi connectivity index (χ4v) is 2.56. The maximum absolute atomic E-state index is 12.3. The summed E-state index contributed by atoms with van der Waals surface area (Å²) in [4.78, 5) is 16.6. The highest BCUT2D eigenvalue weighted by molar-refractivity contribution is 5.78. The van der Waals surface area contributed by atoms with Crippen LogP contribution in [0.5, 0.6) is 0 Å². The molecule has 2 N–H and O–H groups in total. The minimum Gasteiger partial charge on any atom is -0.342 e. The van der Waals surface area contributed by atoms with Crippen molar-refractivity contribution in [3.05, 3.63) is 0 Å². The molecule has 1 heterocycles. The van der Waals surface area contributed by atoms with Gasteiger partial charge >= 0.3 is 0 Å². The molecule has 19 heavy (non-hydrogen) atoms. The van der Waals surface area contributed by atoms with Crippen LogP contribution in [0.2, 0.25) is 0 Å². The molecule has 4 heteroatoms. The van der Waals surface area contributed by atoms with E-state index >= 15 is 0 Å². The van der Waals surface area contributed by atoms with E-state index in [4.69, 9.17) is 5.73 Å². The first-order valence-corrected chi connectivity index (χ1v) is 7.68. The predicted molar refractivity (Wildman–Crippen MR) is 80.0 cm³/mol. The number of rotatable bonds is 6. The van der Waals surface area contributed by atoms with Gasteiger partial charge in [0.2, 0.25) is 5.91 Å². The molecule has 4 nitrogen and oxygen atoms in total. The van der Waals surface area contributed by atoms with Crippen molar-refractivity contribution in [2.75, 3.05) is 39.3 Å². The minimum absolute atomic E-state index is 0.0784. The van der Waals surface area contributed by atoms with Crippen molar-refractivity contribution in [1.82, 2.24) is 9.80 Å². The number of nitrogens with zero attached hydrogens (tertiary/aromatic N) is 2. The van der Waals surface area contributed by atoms with E-state index in [1.54, 1.807) is 0 Å². The summed E-state index contributed by atoms with van der Waals surface area (Å²) in [5.74, 6) is 0.288. The lowest BCUT2D eigenvalue weighted by Crippen LogP contribution is -2.45. The fourth-order valence-electron chi connectivity index (χ4n) is 2.56. The summed E-state index contributed by atoms with van der Waals surface area (Å²) in [7, 11) is 0. The second kappa shape index (κ2) is 7.85. The van der Waals surface area contributed by atoms with Gasteiger partial charge in [-0.25, -0.2) is 0 Å². The van der Waals surface area contributed by atoms with Crippen LogP contribution < -0.4 is 5.73 Å². The molecule has 0 unspecified atom stereocenters. The van der Waals surface area contributed by atoms with Gasteiger partial charge in [0.1, 0.15) is 0 Å². The number of carbonyl (C=O) groups excluding carboxylic acids is 1. The molecule has 1 amide bonds. The number of likely N-dealkylation sites (N-methyl/N-ethyl adjacent to an activating group) is 1. The van der Waals surface area contributed by atoms with E-state index in [9.17, 15) is 4.79 Å². The molecule has 1 aliphatic rings. The summed E-state index contributed by atoms with van der Waals surface area (Å²) in [6, 6.07) is 0. The fraction of sp³-hybridized carbons (Fsp3) is 0.933. The van der Waals surface area contributed by atoms with Crippen LogP contribution in [-0.4, -0.2) is 55.0 Å². The lowest BCUT2D eigenvalue weighted by atomic mass is 9.93. The molecule has 0 aromatic heterocycles. The molecular formula is C15H31N3O. The molecule has 0 atom stereocenters. The highest BCUT2D eigenvalue weighted by atomic mass is 16.2. The number of carbonyl (C=O) groups is 1. The Morgan fingerprint density at radius 3 is 2.26 bits per heavy atom. The molecule has 0 aromatic carbocycles. The third-order valence-corrected chi connectivity index (χ3v) is 3.97. The molecule has 0 spiro atoms. The van der Waals surface area contributed by atoms with Crippen LogP contribution in [0.1, 0.15) is 46.5 Å². The molecule has 1 saturated heterocycles. The van der Waals surface area contributed by atoms with E-state index in [1.165, 1.54) is 12.8 Å². The van der Waals surface area contributed by atoms with Crippen LogP contribution >= 0.6 is 0 Å². The Bertz CT molecular complexity index is 271. The lowest BCUT2D eigenvalue weighted by molar-refractivity contribution is -0.132. The summed E-state index contributed by atoms with van der Waals surface area (Å²) >= 11 is 0. The maximum Gasteiger partial charge on any atom is 0.236 e. The van der Waals surface area contributed by atoms with Crippen molar-refractivity contribution < 1.29 is 4.79 Å². The van der Waals surface area contributed by atoms with Crippen LogP contribution in [0.25, 0.3) is 0 Å². The standard InChI is InChI=1S/C15H31N3O/c1-4-17(13-15(2,3)12-16)11-14(19)18-9-7-5-6-8-10-18/h4-13,16H2,1-3H3. The summed E-state index contributed by atoms with van der Waals surface area (Å²) in [5, 5.41) is 0. The Kier molecular flexibility index (Phi) is 6.80. The van der Waals surface area contributed by atoms with Crippen LogP contribution in [0.3, 0.4) is 0 Å². The number of hydrogen-bond acceptors (Lipinski definition) is 3. The summed E-state index contributed by atoms with van der Waals surface area (Å²) < 4.78 is 0. The van der Waals surface area contributed by atoms with Crippen LogP contribution in [0.4, 0.5) is 0 Å². The monoisotopic (exact) mass is 269 g/mol. The van der Waals surface area contributed by atoms with E-state index < -0.39 is 0 Å². The van der Waals surface area contributed by atoms with E-state index in [0.29, 0.717) is 13.1 Å². The molecule has 0 radical (unpaired) electrons. The second-order valence-corrected chi connectivity index (χ2v) is 6.47. The number of likely N-dealkylation sites (tertiary alicyclic amines) is 1. The highest BCUT2D eigenvalue weighted by Gasteiger charge is 2.23. The Labute approximate surface area is 118 Å². The molecule has 0 saturated carbocycles. The molecule has 112 valence electrons. The van der Waals surface area contributed by atoms with Gasteiger partial charge in [-0.1, -0.05) is 33.6 Å². The summed E-state index contributed by atoms with van der Waals surface area (Å²) in [6.07, 6.45) is 4.85. The van der Waals surface area contributed by atoms with Crippen molar-refractivity contribution >= 4 is 5.91 Å². The van der Waals surface area contributed by atoms with Gasteiger partial charge in [0.05, 0.1) is 6.54 Å². The Morgan fingerprint density at radius 2 is 1.79 bits per heavy atom. The van der Waals surface area contributed by atoms with E-state index in [0.717, 1.165) is 39.0 Å². The minimum atomic E-state index is 0.0784. The summed E-state index contributed by atoms with van der Waals surface area (Å²) in [6.45, 7) is 11.3. The van der Waals surface area contributed by atoms with Gasteiger partial charge in [0.15, 0.2) is 0 Å². The zero-order chi connectivity index (χ0) is 14.3. The van der Waals surface area contributed by atoms with Gasteiger partial charge < -0.3 is 10.6 Å². The molecular weight excluding hydrogens is 238 g/mol. The van der Waals surface area contributed by atoms with Crippen LogP contribution in [0, 0.1) is 5.41 Å². The number of amides is 1. The zero-order valence-corrected chi connectivity index (χ0v) is 13.0. The van der Waals surface area contributed by atoms with Gasteiger partial charge in [0, 0.05) is 19.6 Å². The molecule has 1 fully saturated rings. The smallest absolute Gasteiger partial charge is 0.236 e. The first-order chi connectivity index (χ1) is 8.98. The van der Waals surface area contributed by atoms with Gasteiger partial charge in [-0.3, -0.25) is 9.69 Å². The number of nitrogens with two attached hydrogens (primary N) is 1. The molecule has 1 rings (SSSR count). The quantitative estimate of drug-likeness (QED) is 0.798. The van der Waals surface area contributed by atoms with Crippen LogP contribution in [-0.2, 0) is 4.79 Å². The number of hydrogen-bond donors (Lipinski definition) is 1. The topological polar surface area (TPSA) is 49.6 Å². The van der Waals surface area contributed by atoms with Gasteiger partial charge in [-0.05, 0) is 31.3 Å². The highest BCUT2D eigenvalue weighted by Crippen LogP contribution is 2.15. The maximum atomic E-state index is 12.3. The molecule has 0 bridgehead atoms. The Morgan fingerprint density at radius 1 is 1.21 bits per heavy atom. The van der Waals surface area contributed by atoms with Crippen molar-refractivity contribution in [3.8, 4) is 0 Å². The molecule has 1 aliphatic heterocycles. The molecule has 0 aliphatic carbocycles. The zero-order valence-electron chi connectivity index (χ0n) is 13.0. The second-order valence-electron chi connectivity index (χ2n) is 6.47. The van der Waals surface area contributed by atoms with Crippen molar-refractivity contribution in [1.29, 1.82) is 0 Å². The van der Waals surface area contributed by atoms with Gasteiger partial charge in [-0.2, -0.15) is 0 Å². The van der Waals surface area contributed by atoms with Crippen molar-refractivity contribution in [2.45, 2.75) is 46.5 Å². The predicted octanol–water partition coefficient (Wildman–Crippen LogP) is 1.70. The lowest BCUT2D eigenvalue weighted by Gasteiger charge is -2.32. The van der Waals surface area contributed by atoms with Crippen LogP contribution in [0.15, 0.2) is 0 Å². The van der Waals surface area contributed by atoms with E-state index in [1.807, 2.05) is 4.90 Å². The Hall–Kier alpha value is -0.610. The third kappa shape index (κ3) is 5.91. The first kappa shape index (κ1) is 16.4. The van der Waals surface area contributed by atoms with Gasteiger partial charge in [0.25, 0.3) is 0 Å². The van der Waals surface area contributed by atoms with E-state index in [-0.39, 0.29) is 11.3 Å². The van der Waals surface area contributed by atoms with Crippen molar-refractivity contribution in [3.63, 3.8) is 0 Å². The Balaban J connectivity index is 2.47. The largest absolute Gasteiger partial charge is 0.342 e. The summed E-state index contributed by atoms with van der Waals surface area (Å²) in [5.41, 5.74) is 5.86. The normalized spacial score (nSPS) is 17.6. The van der Waals surface area contributed by atoms with Crippen molar-refractivity contribution in [2.24, 2.45) is 11.1 Å². The third-order valence-electron chi connectivity index (χ3n) is 3.97. The molecule has 0 aromatic rings.